The zero-order valence-electron chi connectivity index (χ0n) is 16.0. The molecule has 1 aliphatic rings. The second kappa shape index (κ2) is 7.86. The Morgan fingerprint density at radius 2 is 1.77 bits per heavy atom. The molecular formula is C22H14ClF3N2O2S. The number of amides is 2. The highest BCUT2D eigenvalue weighted by Gasteiger charge is 2.41. The van der Waals surface area contributed by atoms with E-state index in [-0.39, 0.29) is 17.0 Å². The number of halogens is 4. The zero-order valence-corrected chi connectivity index (χ0v) is 17.5. The summed E-state index contributed by atoms with van der Waals surface area (Å²) >= 11 is 7.41. The maximum Gasteiger partial charge on any atom is 0.416 e. The first-order valence-corrected chi connectivity index (χ1v) is 10.3. The van der Waals surface area contributed by atoms with Crippen LogP contribution in [0.4, 0.5) is 24.5 Å². The average molecular weight is 463 g/mol. The van der Waals surface area contributed by atoms with Gasteiger partial charge in [-0.3, -0.25) is 9.59 Å². The van der Waals surface area contributed by atoms with Crippen molar-refractivity contribution >= 4 is 51.7 Å². The van der Waals surface area contributed by atoms with Crippen LogP contribution in [0.3, 0.4) is 0 Å². The zero-order chi connectivity index (χ0) is 22.3. The van der Waals surface area contributed by atoms with Crippen molar-refractivity contribution in [3.8, 4) is 0 Å². The molecule has 3 aromatic rings. The first-order chi connectivity index (χ1) is 14.7. The molecule has 2 aromatic carbocycles. The van der Waals surface area contributed by atoms with Gasteiger partial charge in [0.2, 0.25) is 0 Å². The predicted octanol–water partition coefficient (Wildman–Crippen LogP) is 6.13. The summed E-state index contributed by atoms with van der Waals surface area (Å²) in [7, 11) is 0. The predicted molar refractivity (Wildman–Crippen MR) is 115 cm³/mol. The maximum absolute atomic E-state index is 13.2. The molecule has 4 rings (SSSR count). The van der Waals surface area contributed by atoms with Crippen molar-refractivity contribution < 1.29 is 22.8 Å². The number of aryl methyl sites for hydroxylation is 1. The molecule has 2 heterocycles. The lowest BCUT2D eigenvalue weighted by Crippen LogP contribution is -2.32. The molecule has 0 spiro atoms. The molecule has 0 bridgehead atoms. The molecule has 1 N–H and O–H groups in total. The largest absolute Gasteiger partial charge is 0.416 e. The van der Waals surface area contributed by atoms with E-state index in [1.807, 2.05) is 6.92 Å². The van der Waals surface area contributed by atoms with Crippen LogP contribution in [0.2, 0.25) is 5.02 Å². The number of benzene rings is 2. The molecule has 0 atom stereocenters. The summed E-state index contributed by atoms with van der Waals surface area (Å²) in [5.74, 6) is -1.45. The van der Waals surface area contributed by atoms with Crippen molar-refractivity contribution in [2.45, 2.75) is 13.1 Å². The van der Waals surface area contributed by atoms with Gasteiger partial charge in [-0.15, -0.1) is 11.3 Å². The Hall–Kier alpha value is -3.10. The van der Waals surface area contributed by atoms with Crippen molar-refractivity contribution in [1.82, 2.24) is 0 Å². The van der Waals surface area contributed by atoms with Gasteiger partial charge in [0, 0.05) is 15.6 Å². The summed E-state index contributed by atoms with van der Waals surface area (Å²) in [6.07, 6.45) is -4.61. The fourth-order valence-corrected chi connectivity index (χ4v) is 4.11. The Labute approximate surface area is 184 Å². The molecule has 9 heteroatoms. The number of carbonyl (C=O) groups excluding carboxylic acids is 2. The average Bonchev–Trinajstić information content (AvgIpc) is 3.31. The summed E-state index contributed by atoms with van der Waals surface area (Å²) in [5, 5.41) is 5.15. The van der Waals surface area contributed by atoms with Gasteiger partial charge in [-0.25, -0.2) is 4.90 Å². The van der Waals surface area contributed by atoms with Crippen LogP contribution in [0.25, 0.3) is 5.57 Å². The van der Waals surface area contributed by atoms with Gasteiger partial charge in [0.25, 0.3) is 11.8 Å². The molecule has 0 fully saturated rings. The Balaban J connectivity index is 1.79. The number of nitrogens with zero attached hydrogens (tertiary/aromatic N) is 1. The fourth-order valence-electron chi connectivity index (χ4n) is 3.17. The summed E-state index contributed by atoms with van der Waals surface area (Å²) in [4.78, 5) is 27.7. The van der Waals surface area contributed by atoms with Gasteiger partial charge in [0.1, 0.15) is 5.70 Å². The van der Waals surface area contributed by atoms with Crippen LogP contribution in [0.5, 0.6) is 0 Å². The highest BCUT2D eigenvalue weighted by Crippen LogP contribution is 2.38. The number of carbonyl (C=O) groups is 2. The van der Waals surface area contributed by atoms with Crippen molar-refractivity contribution in [2.75, 3.05) is 10.2 Å². The molecule has 1 aromatic heterocycles. The number of imide groups is 1. The topological polar surface area (TPSA) is 49.4 Å². The second-order valence-corrected chi connectivity index (χ2v) is 8.16. The van der Waals surface area contributed by atoms with E-state index in [0.717, 1.165) is 28.7 Å². The van der Waals surface area contributed by atoms with E-state index in [2.05, 4.69) is 5.32 Å². The van der Waals surface area contributed by atoms with Gasteiger partial charge < -0.3 is 5.32 Å². The summed E-state index contributed by atoms with van der Waals surface area (Å²) in [6.45, 7) is 1.82. The number of thiophene rings is 1. The van der Waals surface area contributed by atoms with E-state index < -0.39 is 23.6 Å². The number of nitrogens with one attached hydrogen (secondary N) is 1. The normalized spacial score (nSPS) is 14.5. The van der Waals surface area contributed by atoms with E-state index in [0.29, 0.717) is 15.6 Å². The minimum Gasteiger partial charge on any atom is -0.350 e. The molecule has 4 nitrogen and oxygen atoms in total. The third-order valence-electron chi connectivity index (χ3n) is 4.72. The number of anilines is 2. The van der Waals surface area contributed by atoms with Crippen molar-refractivity contribution in [2.24, 2.45) is 0 Å². The Morgan fingerprint density at radius 1 is 1.00 bits per heavy atom. The molecule has 1 aliphatic heterocycles. The smallest absolute Gasteiger partial charge is 0.350 e. The van der Waals surface area contributed by atoms with Gasteiger partial charge in [-0.05, 0) is 54.3 Å². The molecule has 0 saturated heterocycles. The van der Waals surface area contributed by atoms with E-state index in [9.17, 15) is 22.8 Å². The third kappa shape index (κ3) is 3.96. The van der Waals surface area contributed by atoms with Crippen molar-refractivity contribution in [1.29, 1.82) is 0 Å². The number of rotatable bonds is 4. The minimum absolute atomic E-state index is 0.0234. The van der Waals surface area contributed by atoms with Gasteiger partial charge >= 0.3 is 6.18 Å². The van der Waals surface area contributed by atoms with Crippen LogP contribution >= 0.6 is 22.9 Å². The van der Waals surface area contributed by atoms with Gasteiger partial charge in [0.15, 0.2) is 0 Å². The van der Waals surface area contributed by atoms with Crippen LogP contribution in [0.1, 0.15) is 16.0 Å². The lowest BCUT2D eigenvalue weighted by Gasteiger charge is -2.17. The highest BCUT2D eigenvalue weighted by molar-refractivity contribution is 7.11. The second-order valence-electron chi connectivity index (χ2n) is 6.81. The van der Waals surface area contributed by atoms with E-state index >= 15 is 0 Å². The van der Waals surface area contributed by atoms with E-state index in [1.165, 1.54) is 17.4 Å². The molecule has 31 heavy (non-hydrogen) atoms. The maximum atomic E-state index is 13.2. The van der Waals surface area contributed by atoms with Crippen LogP contribution in [0, 0.1) is 6.92 Å². The Kier molecular flexibility index (Phi) is 5.36. The first kappa shape index (κ1) is 21.1. The summed E-state index contributed by atoms with van der Waals surface area (Å²) in [5.41, 5.74) is 0.275. The number of alkyl halides is 3. The van der Waals surface area contributed by atoms with Gasteiger partial charge in [-0.2, -0.15) is 13.2 Å². The quantitative estimate of drug-likeness (QED) is 0.475. The Bertz CT molecular complexity index is 1220. The summed E-state index contributed by atoms with van der Waals surface area (Å²) in [6, 6.07) is 12.6. The number of hydrogen-bond acceptors (Lipinski definition) is 4. The van der Waals surface area contributed by atoms with Crippen LogP contribution in [-0.4, -0.2) is 11.8 Å². The summed E-state index contributed by atoms with van der Waals surface area (Å²) < 4.78 is 39.5. The minimum atomic E-state index is -4.61. The molecule has 0 saturated carbocycles. The molecular weight excluding hydrogens is 449 g/mol. The monoisotopic (exact) mass is 462 g/mol. The van der Waals surface area contributed by atoms with Crippen LogP contribution < -0.4 is 10.2 Å². The highest BCUT2D eigenvalue weighted by atomic mass is 35.5. The van der Waals surface area contributed by atoms with E-state index in [1.54, 1.807) is 35.7 Å². The van der Waals surface area contributed by atoms with Gasteiger partial charge in [0.05, 0.1) is 16.8 Å². The molecule has 0 unspecified atom stereocenters. The van der Waals surface area contributed by atoms with Crippen LogP contribution in [-0.2, 0) is 15.8 Å². The first-order valence-electron chi connectivity index (χ1n) is 9.04. The Morgan fingerprint density at radius 3 is 2.42 bits per heavy atom. The molecule has 2 amide bonds. The lowest BCUT2D eigenvalue weighted by molar-refractivity contribution is -0.137. The van der Waals surface area contributed by atoms with Crippen LogP contribution in [0.15, 0.2) is 65.7 Å². The number of hydrogen-bond donors (Lipinski definition) is 1. The third-order valence-corrected chi connectivity index (χ3v) is 6.02. The lowest BCUT2D eigenvalue weighted by atomic mass is 10.1. The molecule has 0 aliphatic carbocycles. The SMILES string of the molecule is Cc1ccc(NC2=C(c3cccs3)C(=O)N(c3cccc(C(F)(F)F)c3)C2=O)cc1Cl. The standard InChI is InChI=1S/C22H14ClF3N2O2S/c1-12-7-8-14(11-16(12)23)27-19-18(17-6-3-9-31-17)20(29)28(21(19)30)15-5-2-4-13(10-15)22(24,25)26/h2-11,27H,1H3. The van der Waals surface area contributed by atoms with E-state index in [4.69, 9.17) is 11.6 Å². The fraction of sp³-hybridized carbons (Fsp3) is 0.0909. The molecule has 158 valence electrons. The van der Waals surface area contributed by atoms with Crippen molar-refractivity contribution in [3.05, 3.63) is 86.7 Å². The van der Waals surface area contributed by atoms with Gasteiger partial charge in [-0.1, -0.05) is 29.8 Å². The molecule has 0 radical (unpaired) electrons. The van der Waals surface area contributed by atoms with Crippen molar-refractivity contribution in [3.63, 3.8) is 0 Å².